The van der Waals surface area contributed by atoms with Gasteiger partial charge >= 0.3 is 0 Å². The SMILES string of the molecule is COc1ncccc1CC(C)N. The molecule has 1 unspecified atom stereocenters. The molecule has 66 valence electrons. The summed E-state index contributed by atoms with van der Waals surface area (Å²) in [6.07, 6.45) is 2.51. The van der Waals surface area contributed by atoms with Gasteiger partial charge in [-0.3, -0.25) is 0 Å². The third kappa shape index (κ3) is 2.20. The van der Waals surface area contributed by atoms with E-state index in [0.29, 0.717) is 5.88 Å². The monoisotopic (exact) mass is 166 g/mol. The summed E-state index contributed by atoms with van der Waals surface area (Å²) in [6, 6.07) is 4.01. The summed E-state index contributed by atoms with van der Waals surface area (Å²) in [6.45, 7) is 1.96. The summed E-state index contributed by atoms with van der Waals surface area (Å²) in [5.41, 5.74) is 6.73. The quantitative estimate of drug-likeness (QED) is 0.728. The number of methoxy groups -OCH3 is 1. The van der Waals surface area contributed by atoms with Gasteiger partial charge in [0.1, 0.15) is 0 Å². The number of ether oxygens (including phenoxy) is 1. The molecule has 0 aliphatic carbocycles. The molecule has 0 saturated carbocycles. The van der Waals surface area contributed by atoms with Crippen molar-refractivity contribution in [3.05, 3.63) is 23.9 Å². The predicted molar refractivity (Wildman–Crippen MR) is 48.1 cm³/mol. The first-order chi connectivity index (χ1) is 5.74. The lowest BCUT2D eigenvalue weighted by atomic mass is 10.1. The van der Waals surface area contributed by atoms with Gasteiger partial charge in [0, 0.05) is 17.8 Å². The van der Waals surface area contributed by atoms with Crippen molar-refractivity contribution in [1.29, 1.82) is 0 Å². The van der Waals surface area contributed by atoms with Crippen LogP contribution in [0.5, 0.6) is 5.88 Å². The lowest BCUT2D eigenvalue weighted by Gasteiger charge is -2.08. The van der Waals surface area contributed by atoms with Crippen LogP contribution in [-0.4, -0.2) is 18.1 Å². The Balaban J connectivity index is 2.82. The zero-order valence-corrected chi connectivity index (χ0v) is 7.45. The van der Waals surface area contributed by atoms with Crippen LogP contribution in [0.2, 0.25) is 0 Å². The smallest absolute Gasteiger partial charge is 0.216 e. The summed E-state index contributed by atoms with van der Waals surface area (Å²) in [5.74, 6) is 0.676. The molecule has 0 aromatic carbocycles. The molecule has 1 aromatic heterocycles. The van der Waals surface area contributed by atoms with Gasteiger partial charge < -0.3 is 10.5 Å². The highest BCUT2D eigenvalue weighted by Gasteiger charge is 2.04. The van der Waals surface area contributed by atoms with Crippen molar-refractivity contribution in [2.75, 3.05) is 7.11 Å². The zero-order chi connectivity index (χ0) is 8.97. The highest BCUT2D eigenvalue weighted by molar-refractivity contribution is 5.25. The molecule has 12 heavy (non-hydrogen) atoms. The number of nitrogens with two attached hydrogens (primary N) is 1. The molecule has 3 nitrogen and oxygen atoms in total. The number of pyridine rings is 1. The van der Waals surface area contributed by atoms with Gasteiger partial charge in [0.05, 0.1) is 7.11 Å². The van der Waals surface area contributed by atoms with Crippen molar-refractivity contribution >= 4 is 0 Å². The number of nitrogens with zero attached hydrogens (tertiary/aromatic N) is 1. The van der Waals surface area contributed by atoms with E-state index >= 15 is 0 Å². The van der Waals surface area contributed by atoms with E-state index in [2.05, 4.69) is 4.98 Å². The van der Waals surface area contributed by atoms with Gasteiger partial charge in [-0.25, -0.2) is 4.98 Å². The van der Waals surface area contributed by atoms with Crippen LogP contribution in [0.15, 0.2) is 18.3 Å². The maximum Gasteiger partial charge on any atom is 0.216 e. The standard InChI is InChI=1S/C9H14N2O/c1-7(10)6-8-4-3-5-11-9(8)12-2/h3-5,7H,6,10H2,1-2H3. The molecular formula is C9H14N2O. The van der Waals surface area contributed by atoms with Crippen LogP contribution >= 0.6 is 0 Å². The van der Waals surface area contributed by atoms with Crippen LogP contribution in [-0.2, 0) is 6.42 Å². The summed E-state index contributed by atoms with van der Waals surface area (Å²) in [4.78, 5) is 4.07. The van der Waals surface area contributed by atoms with E-state index in [1.165, 1.54) is 0 Å². The molecule has 0 amide bonds. The minimum Gasteiger partial charge on any atom is -0.481 e. The largest absolute Gasteiger partial charge is 0.481 e. The molecule has 0 radical (unpaired) electrons. The first kappa shape index (κ1) is 9.00. The molecule has 1 aromatic rings. The van der Waals surface area contributed by atoms with Gasteiger partial charge in [-0.15, -0.1) is 0 Å². The molecule has 0 fully saturated rings. The molecule has 0 saturated heterocycles. The van der Waals surface area contributed by atoms with Gasteiger partial charge in [0.15, 0.2) is 0 Å². The molecular weight excluding hydrogens is 152 g/mol. The summed E-state index contributed by atoms with van der Waals surface area (Å²) >= 11 is 0. The lowest BCUT2D eigenvalue weighted by Crippen LogP contribution is -2.18. The Bertz CT molecular complexity index is 248. The van der Waals surface area contributed by atoms with E-state index < -0.39 is 0 Å². The normalized spacial score (nSPS) is 12.6. The van der Waals surface area contributed by atoms with Crippen molar-refractivity contribution < 1.29 is 4.74 Å². The fourth-order valence-corrected chi connectivity index (χ4v) is 1.11. The van der Waals surface area contributed by atoms with Gasteiger partial charge in [-0.1, -0.05) is 6.07 Å². The van der Waals surface area contributed by atoms with Crippen LogP contribution in [0, 0.1) is 0 Å². The predicted octanol–water partition coefficient (Wildman–Crippen LogP) is 0.980. The van der Waals surface area contributed by atoms with E-state index in [1.807, 2.05) is 19.1 Å². The van der Waals surface area contributed by atoms with Gasteiger partial charge in [-0.2, -0.15) is 0 Å². The maximum absolute atomic E-state index is 5.66. The van der Waals surface area contributed by atoms with Gasteiger partial charge in [0.25, 0.3) is 0 Å². The third-order valence-electron chi connectivity index (χ3n) is 1.59. The Morgan fingerprint density at radius 1 is 1.67 bits per heavy atom. The maximum atomic E-state index is 5.66. The summed E-state index contributed by atoms with van der Waals surface area (Å²) in [7, 11) is 1.62. The van der Waals surface area contributed by atoms with Gasteiger partial charge in [-0.05, 0) is 19.4 Å². The average Bonchev–Trinajstić information content (AvgIpc) is 2.04. The summed E-state index contributed by atoms with van der Waals surface area (Å²) in [5, 5.41) is 0. The minimum absolute atomic E-state index is 0.142. The Morgan fingerprint density at radius 2 is 2.42 bits per heavy atom. The number of hydrogen-bond acceptors (Lipinski definition) is 3. The fourth-order valence-electron chi connectivity index (χ4n) is 1.11. The second-order valence-corrected chi connectivity index (χ2v) is 2.85. The van der Waals surface area contributed by atoms with E-state index in [9.17, 15) is 0 Å². The molecule has 3 heteroatoms. The molecule has 0 aliphatic heterocycles. The van der Waals surface area contributed by atoms with Crippen LogP contribution in [0.25, 0.3) is 0 Å². The van der Waals surface area contributed by atoms with Crippen LogP contribution in [0.3, 0.4) is 0 Å². The highest BCUT2D eigenvalue weighted by Crippen LogP contribution is 2.14. The minimum atomic E-state index is 0.142. The van der Waals surface area contributed by atoms with Crippen molar-refractivity contribution in [3.8, 4) is 5.88 Å². The second kappa shape index (κ2) is 4.07. The first-order valence-corrected chi connectivity index (χ1v) is 3.97. The Kier molecular flexibility index (Phi) is 3.05. The third-order valence-corrected chi connectivity index (χ3v) is 1.59. The Labute approximate surface area is 72.6 Å². The Morgan fingerprint density at radius 3 is 3.00 bits per heavy atom. The molecule has 0 spiro atoms. The number of hydrogen-bond donors (Lipinski definition) is 1. The Hall–Kier alpha value is -1.09. The van der Waals surface area contributed by atoms with E-state index in [4.69, 9.17) is 10.5 Å². The summed E-state index contributed by atoms with van der Waals surface area (Å²) < 4.78 is 5.08. The van der Waals surface area contributed by atoms with Crippen LogP contribution in [0.1, 0.15) is 12.5 Å². The lowest BCUT2D eigenvalue weighted by molar-refractivity contribution is 0.391. The van der Waals surface area contributed by atoms with Crippen molar-refractivity contribution in [3.63, 3.8) is 0 Å². The average molecular weight is 166 g/mol. The molecule has 1 heterocycles. The topological polar surface area (TPSA) is 48.1 Å². The molecule has 0 bridgehead atoms. The van der Waals surface area contributed by atoms with E-state index in [0.717, 1.165) is 12.0 Å². The molecule has 1 atom stereocenters. The van der Waals surface area contributed by atoms with Crippen LogP contribution < -0.4 is 10.5 Å². The van der Waals surface area contributed by atoms with Crippen LogP contribution in [0.4, 0.5) is 0 Å². The zero-order valence-electron chi connectivity index (χ0n) is 7.45. The van der Waals surface area contributed by atoms with Crippen molar-refractivity contribution in [2.45, 2.75) is 19.4 Å². The van der Waals surface area contributed by atoms with E-state index in [1.54, 1.807) is 13.3 Å². The second-order valence-electron chi connectivity index (χ2n) is 2.85. The number of rotatable bonds is 3. The van der Waals surface area contributed by atoms with Crippen molar-refractivity contribution in [2.24, 2.45) is 5.73 Å². The fraction of sp³-hybridized carbons (Fsp3) is 0.444. The highest BCUT2D eigenvalue weighted by atomic mass is 16.5. The van der Waals surface area contributed by atoms with Gasteiger partial charge in [0.2, 0.25) is 5.88 Å². The van der Waals surface area contributed by atoms with Crippen molar-refractivity contribution in [1.82, 2.24) is 4.98 Å². The molecule has 2 N–H and O–H groups in total. The van der Waals surface area contributed by atoms with E-state index in [-0.39, 0.29) is 6.04 Å². The molecule has 0 aliphatic rings. The number of aromatic nitrogens is 1. The molecule has 1 rings (SSSR count). The first-order valence-electron chi connectivity index (χ1n) is 3.97.